The van der Waals surface area contributed by atoms with Gasteiger partial charge < -0.3 is 14.8 Å². The molecule has 2 atom stereocenters. The van der Waals surface area contributed by atoms with E-state index in [-0.39, 0.29) is 23.5 Å². The number of nitro groups is 2. The van der Waals surface area contributed by atoms with Crippen LogP contribution in [-0.2, 0) is 0 Å². The zero-order valence-electron chi connectivity index (χ0n) is 21.8. The van der Waals surface area contributed by atoms with E-state index in [1.165, 1.54) is 36.0 Å². The molecule has 208 valence electrons. The Morgan fingerprint density at radius 3 is 1.95 bits per heavy atom. The van der Waals surface area contributed by atoms with Gasteiger partial charge in [0.2, 0.25) is 0 Å². The maximum atomic E-state index is 11.2. The lowest BCUT2D eigenvalue weighted by Crippen LogP contribution is -2.30. The summed E-state index contributed by atoms with van der Waals surface area (Å²) in [5, 5.41) is 26.2. The zero-order valence-corrected chi connectivity index (χ0v) is 23.4. The maximum Gasteiger partial charge on any atom is 0.269 e. The van der Waals surface area contributed by atoms with E-state index in [1.54, 1.807) is 30.5 Å². The highest BCUT2D eigenvalue weighted by Gasteiger charge is 2.42. The largest absolute Gasteiger partial charge is 0.351 e. The molecule has 0 bridgehead atoms. The highest BCUT2D eigenvalue weighted by molar-refractivity contribution is 7.99. The second kappa shape index (κ2) is 11.4. The molecular formula is C30H22N6O4S2. The molecule has 3 aromatic carbocycles. The second-order valence-corrected chi connectivity index (χ2v) is 11.0. The lowest BCUT2D eigenvalue weighted by molar-refractivity contribution is -0.385. The number of hydrogen-bond acceptors (Lipinski definition) is 7. The number of non-ortho nitro benzene ring substituents is 2. The van der Waals surface area contributed by atoms with Gasteiger partial charge in [-0.25, -0.2) is 0 Å². The molecule has 1 N–H and O–H groups in total. The Morgan fingerprint density at radius 1 is 0.762 bits per heavy atom. The van der Waals surface area contributed by atoms with Gasteiger partial charge >= 0.3 is 0 Å². The van der Waals surface area contributed by atoms with Crippen molar-refractivity contribution in [1.29, 1.82) is 0 Å². The number of hydrogen-bond donors (Lipinski definition) is 1. The number of nitrogens with zero attached hydrogens (tertiary/aromatic N) is 5. The minimum Gasteiger partial charge on any atom is -0.351 e. The quantitative estimate of drug-likeness (QED) is 0.115. The van der Waals surface area contributed by atoms with Gasteiger partial charge in [0.05, 0.1) is 21.6 Å². The van der Waals surface area contributed by atoms with Crippen LogP contribution >= 0.6 is 24.0 Å². The number of anilines is 1. The van der Waals surface area contributed by atoms with Gasteiger partial charge in [-0.3, -0.25) is 25.2 Å². The first-order valence-electron chi connectivity index (χ1n) is 12.8. The van der Waals surface area contributed by atoms with Gasteiger partial charge in [-0.2, -0.15) is 0 Å². The number of nitrogens with one attached hydrogen (secondary N) is 1. The van der Waals surface area contributed by atoms with Crippen LogP contribution in [0, 0.1) is 20.2 Å². The van der Waals surface area contributed by atoms with E-state index in [4.69, 9.17) is 12.2 Å². The Balaban J connectivity index is 1.35. The van der Waals surface area contributed by atoms with Crippen molar-refractivity contribution < 1.29 is 9.85 Å². The Bertz CT molecular complexity index is 1760. The van der Waals surface area contributed by atoms with Crippen molar-refractivity contribution in [2.75, 3.05) is 4.90 Å². The summed E-state index contributed by atoms with van der Waals surface area (Å²) in [6, 6.07) is 30.0. The van der Waals surface area contributed by atoms with Crippen molar-refractivity contribution in [3.05, 3.63) is 147 Å². The molecule has 10 nitrogen and oxygen atoms in total. The highest BCUT2D eigenvalue weighted by Crippen LogP contribution is 2.43. The van der Waals surface area contributed by atoms with Gasteiger partial charge in [0, 0.05) is 63.5 Å². The standard InChI is InChI=1S/C30H22N6O4S2/c37-35(38)22-8-6-20(7-9-22)33-19-3-5-27(33)29-28(26-4-1-2-18-31-26)32-30(41)34(29)21-10-14-24(15-11-21)42-25-16-12-23(13-17-25)36(39)40/h1-19,28-29H,(H,32,41)/t28-,29-/m0/s1. The molecule has 3 heterocycles. The fourth-order valence-corrected chi connectivity index (χ4v) is 6.15. The van der Waals surface area contributed by atoms with Gasteiger partial charge in [-0.1, -0.05) is 17.8 Å². The summed E-state index contributed by atoms with van der Waals surface area (Å²) in [4.78, 5) is 29.9. The third-order valence-electron chi connectivity index (χ3n) is 6.92. The Hall–Kier alpha value is -5.07. The van der Waals surface area contributed by atoms with Gasteiger partial charge in [-0.15, -0.1) is 0 Å². The van der Waals surface area contributed by atoms with Crippen LogP contribution in [0.3, 0.4) is 0 Å². The molecule has 6 rings (SSSR count). The predicted molar refractivity (Wildman–Crippen MR) is 164 cm³/mol. The van der Waals surface area contributed by atoms with Crippen LogP contribution in [0.2, 0.25) is 0 Å². The van der Waals surface area contributed by atoms with E-state index in [0.717, 1.165) is 32.6 Å². The molecule has 2 aromatic heterocycles. The molecule has 12 heteroatoms. The van der Waals surface area contributed by atoms with Crippen molar-refractivity contribution in [3.8, 4) is 5.69 Å². The average molecular weight is 595 g/mol. The topological polar surface area (TPSA) is 119 Å². The van der Waals surface area contributed by atoms with Gasteiger partial charge in [0.15, 0.2) is 5.11 Å². The molecule has 5 aromatic rings. The molecule has 42 heavy (non-hydrogen) atoms. The van der Waals surface area contributed by atoms with Crippen LogP contribution in [0.5, 0.6) is 0 Å². The average Bonchev–Trinajstić information content (AvgIpc) is 3.63. The van der Waals surface area contributed by atoms with Gasteiger partial charge in [0.25, 0.3) is 11.4 Å². The number of rotatable bonds is 8. The molecule has 0 spiro atoms. The number of aromatic nitrogens is 2. The minimum absolute atomic E-state index is 0.0239. The molecule has 1 fully saturated rings. The second-order valence-electron chi connectivity index (χ2n) is 9.42. The molecule has 0 radical (unpaired) electrons. The molecule has 0 unspecified atom stereocenters. The summed E-state index contributed by atoms with van der Waals surface area (Å²) in [6.07, 6.45) is 3.68. The van der Waals surface area contributed by atoms with Crippen molar-refractivity contribution in [2.24, 2.45) is 0 Å². The fourth-order valence-electron chi connectivity index (χ4n) is 4.99. The van der Waals surface area contributed by atoms with Crippen LogP contribution in [0.15, 0.2) is 125 Å². The predicted octanol–water partition coefficient (Wildman–Crippen LogP) is 7.02. The van der Waals surface area contributed by atoms with Crippen LogP contribution in [0.1, 0.15) is 23.5 Å². The summed E-state index contributed by atoms with van der Waals surface area (Å²) in [5.74, 6) is 0. The summed E-state index contributed by atoms with van der Waals surface area (Å²) >= 11 is 7.38. The Labute approximate surface area is 249 Å². The van der Waals surface area contributed by atoms with E-state index in [2.05, 4.69) is 15.2 Å². The van der Waals surface area contributed by atoms with E-state index >= 15 is 0 Å². The molecule has 0 saturated carbocycles. The number of pyridine rings is 1. The fraction of sp³-hybridized carbons (Fsp3) is 0.0667. The third kappa shape index (κ3) is 5.32. The van der Waals surface area contributed by atoms with Gasteiger partial charge in [0.1, 0.15) is 6.04 Å². The third-order valence-corrected chi connectivity index (χ3v) is 8.25. The summed E-state index contributed by atoms with van der Waals surface area (Å²) in [7, 11) is 0. The molecule has 0 amide bonds. The first-order chi connectivity index (χ1) is 20.4. The van der Waals surface area contributed by atoms with E-state index in [9.17, 15) is 20.2 Å². The number of thiocarbonyl (C=S) groups is 1. The minimum atomic E-state index is -0.415. The Kier molecular flexibility index (Phi) is 7.38. The maximum absolute atomic E-state index is 11.2. The molecule has 0 aliphatic carbocycles. The SMILES string of the molecule is O=[N+]([O-])c1ccc(Sc2ccc(N3C(=S)N[C@@H](c4ccccn4)[C@@H]3c3cccn3-c3ccc([N+](=O)[O-])cc3)cc2)cc1. The summed E-state index contributed by atoms with van der Waals surface area (Å²) in [5.41, 5.74) is 3.49. The van der Waals surface area contributed by atoms with Crippen molar-refractivity contribution in [2.45, 2.75) is 21.9 Å². The van der Waals surface area contributed by atoms with Crippen LogP contribution in [0.4, 0.5) is 17.1 Å². The molecule has 1 aliphatic rings. The molecular weight excluding hydrogens is 573 g/mol. The van der Waals surface area contributed by atoms with E-state index in [0.29, 0.717) is 5.11 Å². The first-order valence-corrected chi connectivity index (χ1v) is 14.1. The van der Waals surface area contributed by atoms with Crippen LogP contribution in [-0.4, -0.2) is 24.5 Å². The lowest BCUT2D eigenvalue weighted by Gasteiger charge is -2.29. The van der Waals surface area contributed by atoms with Gasteiger partial charge in [-0.05, 0) is 85.0 Å². The van der Waals surface area contributed by atoms with Crippen molar-refractivity contribution in [1.82, 2.24) is 14.9 Å². The van der Waals surface area contributed by atoms with Crippen molar-refractivity contribution >= 4 is 46.2 Å². The van der Waals surface area contributed by atoms with Crippen LogP contribution in [0.25, 0.3) is 5.69 Å². The normalized spacial score (nSPS) is 16.3. The zero-order chi connectivity index (χ0) is 29.2. The number of nitro benzene ring substituents is 2. The molecule has 1 aliphatic heterocycles. The molecule has 1 saturated heterocycles. The highest BCUT2D eigenvalue weighted by atomic mass is 32.2. The first kappa shape index (κ1) is 27.1. The summed E-state index contributed by atoms with van der Waals surface area (Å²) < 4.78 is 2.01. The lowest BCUT2D eigenvalue weighted by atomic mass is 10.0. The van der Waals surface area contributed by atoms with E-state index < -0.39 is 9.85 Å². The summed E-state index contributed by atoms with van der Waals surface area (Å²) in [6.45, 7) is 0. The van der Waals surface area contributed by atoms with Crippen molar-refractivity contribution in [3.63, 3.8) is 0 Å². The number of benzene rings is 3. The smallest absolute Gasteiger partial charge is 0.269 e. The Morgan fingerprint density at radius 2 is 1.36 bits per heavy atom. The monoisotopic (exact) mass is 594 g/mol. The van der Waals surface area contributed by atoms with Crippen LogP contribution < -0.4 is 10.2 Å². The van der Waals surface area contributed by atoms with E-state index in [1.807, 2.05) is 65.4 Å².